The number of anilines is 1. The monoisotopic (exact) mass is 300 g/mol. The molecule has 2 rings (SSSR count). The van der Waals surface area contributed by atoms with E-state index in [-0.39, 0.29) is 31.7 Å². The van der Waals surface area contributed by atoms with Crippen molar-refractivity contribution in [2.75, 3.05) is 18.5 Å². The number of amides is 2. The Bertz CT molecular complexity index is 539. The average Bonchev–Trinajstić information content (AvgIpc) is 2.37. The molecule has 0 aliphatic carbocycles. The molecule has 0 atom stereocenters. The predicted molar refractivity (Wildman–Crippen MR) is 68.9 cm³/mol. The molecule has 0 radical (unpaired) electrons. The van der Waals surface area contributed by atoms with Crippen LogP contribution in [-0.2, 0) is 9.53 Å². The highest BCUT2D eigenvalue weighted by Gasteiger charge is 2.41. The fraction of sp³-hybridized carbons (Fsp3) is 0.385. The average molecular weight is 300 g/mol. The van der Waals surface area contributed by atoms with Crippen molar-refractivity contribution in [3.8, 4) is 0 Å². The van der Waals surface area contributed by atoms with Gasteiger partial charge in [-0.2, -0.15) is 0 Å². The summed E-state index contributed by atoms with van der Waals surface area (Å²) in [5.74, 6) is -2.86. The van der Waals surface area contributed by atoms with Crippen LogP contribution in [0.2, 0.25) is 0 Å². The summed E-state index contributed by atoms with van der Waals surface area (Å²) in [4.78, 5) is 23.2. The van der Waals surface area contributed by atoms with Crippen molar-refractivity contribution in [1.82, 2.24) is 5.32 Å². The van der Waals surface area contributed by atoms with Gasteiger partial charge in [0.1, 0.15) is 17.2 Å². The second-order valence-corrected chi connectivity index (χ2v) is 4.74. The number of carboxylic acids is 1. The molecular weight excluding hydrogens is 286 g/mol. The highest BCUT2D eigenvalue weighted by Crippen LogP contribution is 2.21. The molecule has 8 heteroatoms. The lowest BCUT2D eigenvalue weighted by Gasteiger charge is -2.33. The highest BCUT2D eigenvalue weighted by atomic mass is 19.1. The van der Waals surface area contributed by atoms with Gasteiger partial charge in [-0.1, -0.05) is 0 Å². The Kier molecular flexibility index (Phi) is 4.37. The van der Waals surface area contributed by atoms with E-state index in [0.29, 0.717) is 6.07 Å². The van der Waals surface area contributed by atoms with Crippen molar-refractivity contribution in [3.63, 3.8) is 0 Å². The molecule has 6 nitrogen and oxygen atoms in total. The van der Waals surface area contributed by atoms with Crippen LogP contribution in [0.15, 0.2) is 18.2 Å². The molecule has 21 heavy (non-hydrogen) atoms. The van der Waals surface area contributed by atoms with Crippen molar-refractivity contribution < 1.29 is 28.2 Å². The van der Waals surface area contributed by atoms with Gasteiger partial charge in [0.15, 0.2) is 0 Å². The lowest BCUT2D eigenvalue weighted by molar-refractivity contribution is -0.148. The molecule has 0 unspecified atom stereocenters. The summed E-state index contributed by atoms with van der Waals surface area (Å²) >= 11 is 0. The Morgan fingerprint density at radius 2 is 1.71 bits per heavy atom. The third-order valence-electron chi connectivity index (χ3n) is 3.23. The maximum Gasteiger partial charge on any atom is 0.329 e. The minimum absolute atomic E-state index is 0.0994. The molecule has 114 valence electrons. The van der Waals surface area contributed by atoms with Crippen molar-refractivity contribution in [2.45, 2.75) is 18.4 Å². The van der Waals surface area contributed by atoms with Crippen LogP contribution in [0.25, 0.3) is 0 Å². The van der Waals surface area contributed by atoms with Crippen LogP contribution >= 0.6 is 0 Å². The summed E-state index contributed by atoms with van der Waals surface area (Å²) in [6.07, 6.45) is 0.237. The highest BCUT2D eigenvalue weighted by molar-refractivity contribution is 5.94. The Morgan fingerprint density at radius 1 is 1.14 bits per heavy atom. The van der Waals surface area contributed by atoms with Gasteiger partial charge in [0.05, 0.1) is 0 Å². The van der Waals surface area contributed by atoms with E-state index in [9.17, 15) is 23.5 Å². The molecule has 1 fully saturated rings. The van der Waals surface area contributed by atoms with Gasteiger partial charge in [0, 0.05) is 37.8 Å². The SMILES string of the molecule is O=C(Nc1cc(F)cc(F)c1)NC1(C(=O)O)CCOCC1. The first kappa shape index (κ1) is 15.2. The molecule has 1 aromatic carbocycles. The summed E-state index contributed by atoms with van der Waals surface area (Å²) in [6.45, 7) is 0.419. The Balaban J connectivity index is 2.07. The van der Waals surface area contributed by atoms with Gasteiger partial charge in [-0.15, -0.1) is 0 Å². The molecular formula is C13H14F2N2O4. The smallest absolute Gasteiger partial charge is 0.329 e. The van der Waals surface area contributed by atoms with E-state index in [0.717, 1.165) is 12.1 Å². The van der Waals surface area contributed by atoms with Crippen molar-refractivity contribution in [2.24, 2.45) is 0 Å². The van der Waals surface area contributed by atoms with Crippen LogP contribution in [0.5, 0.6) is 0 Å². The largest absolute Gasteiger partial charge is 0.480 e. The van der Waals surface area contributed by atoms with Gasteiger partial charge < -0.3 is 20.5 Å². The molecule has 0 bridgehead atoms. The van der Waals surface area contributed by atoms with Crippen molar-refractivity contribution in [3.05, 3.63) is 29.8 Å². The van der Waals surface area contributed by atoms with E-state index in [2.05, 4.69) is 10.6 Å². The third kappa shape index (κ3) is 3.66. The summed E-state index contributed by atoms with van der Waals surface area (Å²) in [7, 11) is 0. The maximum absolute atomic E-state index is 13.0. The second kappa shape index (κ2) is 6.04. The molecule has 0 saturated carbocycles. The number of hydrogen-bond acceptors (Lipinski definition) is 3. The topological polar surface area (TPSA) is 87.7 Å². The van der Waals surface area contributed by atoms with Crippen LogP contribution < -0.4 is 10.6 Å². The first-order valence-corrected chi connectivity index (χ1v) is 6.28. The zero-order chi connectivity index (χ0) is 15.5. The van der Waals surface area contributed by atoms with E-state index in [1.807, 2.05) is 0 Å². The summed E-state index contributed by atoms with van der Waals surface area (Å²) in [5.41, 5.74) is -1.54. The molecule has 3 N–H and O–H groups in total. The quantitative estimate of drug-likeness (QED) is 0.793. The Hall–Kier alpha value is -2.22. The molecule has 1 heterocycles. The van der Waals surface area contributed by atoms with E-state index in [1.165, 1.54) is 0 Å². The number of nitrogens with one attached hydrogen (secondary N) is 2. The Morgan fingerprint density at radius 3 is 2.24 bits per heavy atom. The van der Waals surface area contributed by atoms with Gasteiger partial charge in [0.2, 0.25) is 0 Å². The summed E-state index contributed by atoms with van der Waals surface area (Å²) in [6, 6.07) is 1.68. The van der Waals surface area contributed by atoms with Crippen LogP contribution in [0.1, 0.15) is 12.8 Å². The summed E-state index contributed by atoms with van der Waals surface area (Å²) < 4.78 is 31.1. The van der Waals surface area contributed by atoms with Gasteiger partial charge in [-0.3, -0.25) is 0 Å². The lowest BCUT2D eigenvalue weighted by atomic mass is 9.90. The summed E-state index contributed by atoms with van der Waals surface area (Å²) in [5, 5.41) is 13.8. The van der Waals surface area contributed by atoms with Crippen LogP contribution in [0, 0.1) is 11.6 Å². The molecule has 0 aromatic heterocycles. The lowest BCUT2D eigenvalue weighted by Crippen LogP contribution is -2.58. The third-order valence-corrected chi connectivity index (χ3v) is 3.23. The van der Waals surface area contributed by atoms with E-state index >= 15 is 0 Å². The molecule has 2 amide bonds. The number of carbonyl (C=O) groups is 2. The molecule has 1 aliphatic rings. The maximum atomic E-state index is 13.0. The minimum Gasteiger partial charge on any atom is -0.480 e. The fourth-order valence-electron chi connectivity index (χ4n) is 2.12. The van der Waals surface area contributed by atoms with E-state index < -0.39 is 29.2 Å². The number of carbonyl (C=O) groups excluding carboxylic acids is 1. The number of hydrogen-bond donors (Lipinski definition) is 3. The Labute approximate surface area is 119 Å². The van der Waals surface area contributed by atoms with Crippen LogP contribution in [0.3, 0.4) is 0 Å². The first-order chi connectivity index (χ1) is 9.91. The number of urea groups is 1. The zero-order valence-corrected chi connectivity index (χ0v) is 11.0. The zero-order valence-electron chi connectivity index (χ0n) is 11.0. The van der Waals surface area contributed by atoms with Gasteiger partial charge in [-0.25, -0.2) is 18.4 Å². The molecule has 1 saturated heterocycles. The van der Waals surface area contributed by atoms with Crippen molar-refractivity contribution in [1.29, 1.82) is 0 Å². The van der Waals surface area contributed by atoms with Crippen LogP contribution in [0.4, 0.5) is 19.3 Å². The van der Waals surface area contributed by atoms with Crippen molar-refractivity contribution >= 4 is 17.7 Å². The van der Waals surface area contributed by atoms with E-state index in [1.54, 1.807) is 0 Å². The number of ether oxygens (including phenoxy) is 1. The van der Waals surface area contributed by atoms with Crippen LogP contribution in [-0.4, -0.2) is 35.9 Å². The normalized spacial score (nSPS) is 17.0. The van der Waals surface area contributed by atoms with E-state index in [4.69, 9.17) is 4.74 Å². The number of carboxylic acid groups (broad SMARTS) is 1. The first-order valence-electron chi connectivity index (χ1n) is 6.28. The number of halogens is 2. The van der Waals surface area contributed by atoms with Gasteiger partial charge >= 0.3 is 12.0 Å². The predicted octanol–water partition coefficient (Wildman–Crippen LogP) is 1.72. The molecule has 1 aromatic rings. The van der Waals surface area contributed by atoms with Gasteiger partial charge in [-0.05, 0) is 12.1 Å². The number of benzene rings is 1. The fourth-order valence-corrected chi connectivity index (χ4v) is 2.12. The molecule has 1 aliphatic heterocycles. The standard InChI is InChI=1S/C13H14F2N2O4/c14-8-5-9(15)7-10(6-8)16-12(20)17-13(11(18)19)1-3-21-4-2-13/h5-7H,1-4H2,(H,18,19)(H2,16,17,20). The number of aliphatic carboxylic acids is 1. The number of rotatable bonds is 3. The van der Waals surface area contributed by atoms with Gasteiger partial charge in [0.25, 0.3) is 0 Å². The minimum atomic E-state index is -1.44. The second-order valence-electron chi connectivity index (χ2n) is 4.74. The molecule has 0 spiro atoms.